The summed E-state index contributed by atoms with van der Waals surface area (Å²) in [6.45, 7) is 9.57. The third kappa shape index (κ3) is 69.0. The molecule has 0 saturated carbocycles. The third-order valence-corrected chi connectivity index (χ3v) is 20.0. The van der Waals surface area contributed by atoms with Crippen LogP contribution < -0.4 is 0 Å². The van der Waals surface area contributed by atoms with Crippen LogP contribution in [0.25, 0.3) is 0 Å². The van der Waals surface area contributed by atoms with Gasteiger partial charge in [-0.15, -0.1) is 0 Å². The van der Waals surface area contributed by atoms with Gasteiger partial charge in [0.05, 0.1) is 26.4 Å². The second-order valence-electron chi connectivity index (χ2n) is 28.1. The normalized spacial score (nSPS) is 14.3. The molecular weight excluding hydrogens is 1250 g/mol. The molecule has 0 spiro atoms. The average Bonchev–Trinajstić information content (AvgIpc) is 1.72. The van der Waals surface area contributed by atoms with Gasteiger partial charge >= 0.3 is 39.5 Å². The smallest absolute Gasteiger partial charge is 0.462 e. The molecule has 17 nitrogen and oxygen atoms in total. The van der Waals surface area contributed by atoms with Crippen molar-refractivity contribution in [2.45, 2.75) is 413 Å². The number of phosphoric acid groups is 2. The Morgan fingerprint density at radius 3 is 0.800 bits per heavy atom. The quantitative estimate of drug-likeness (QED) is 0.0222. The number of rotatable bonds is 75. The van der Waals surface area contributed by atoms with Crippen LogP contribution in [0, 0.1) is 11.8 Å². The Morgan fingerprint density at radius 2 is 0.537 bits per heavy atom. The predicted molar refractivity (Wildman–Crippen MR) is 386 cm³/mol. The van der Waals surface area contributed by atoms with Crippen molar-refractivity contribution in [2.75, 3.05) is 39.6 Å². The maximum Gasteiger partial charge on any atom is 0.472 e. The van der Waals surface area contributed by atoms with Crippen LogP contribution in [0.2, 0.25) is 0 Å². The monoisotopic (exact) mass is 1400 g/mol. The molecule has 0 saturated heterocycles. The minimum atomic E-state index is -4.96. The summed E-state index contributed by atoms with van der Waals surface area (Å²) in [6.07, 6.45) is 55.6. The first-order valence-electron chi connectivity index (χ1n) is 39.5. The summed E-state index contributed by atoms with van der Waals surface area (Å²) in [5.74, 6) is -0.566. The summed E-state index contributed by atoms with van der Waals surface area (Å²) >= 11 is 0. The van der Waals surface area contributed by atoms with Gasteiger partial charge in [-0.05, 0) is 37.5 Å². The summed E-state index contributed by atoms with van der Waals surface area (Å²) < 4.78 is 68.4. The molecule has 0 heterocycles. The first-order chi connectivity index (χ1) is 45.9. The number of ether oxygens (including phenoxy) is 4. The van der Waals surface area contributed by atoms with Gasteiger partial charge in [0.15, 0.2) is 12.2 Å². The van der Waals surface area contributed by atoms with Crippen LogP contribution in [0.1, 0.15) is 395 Å². The second-order valence-corrected chi connectivity index (χ2v) is 31.0. The molecule has 0 aromatic rings. The van der Waals surface area contributed by atoms with Crippen LogP contribution in [0.3, 0.4) is 0 Å². The van der Waals surface area contributed by atoms with Gasteiger partial charge in [0.2, 0.25) is 0 Å². The van der Waals surface area contributed by atoms with E-state index in [1.165, 1.54) is 205 Å². The molecule has 0 radical (unpaired) electrons. The number of unbranched alkanes of at least 4 members (excludes halogenated alkanes) is 44. The molecule has 0 aromatic carbocycles. The molecule has 0 aromatic heterocycles. The van der Waals surface area contributed by atoms with Crippen LogP contribution in [-0.2, 0) is 65.4 Å². The molecular formula is C76H148O17P2. The molecule has 3 unspecified atom stereocenters. The van der Waals surface area contributed by atoms with Crippen LogP contribution in [0.4, 0.5) is 0 Å². The lowest BCUT2D eigenvalue weighted by molar-refractivity contribution is -0.161. The van der Waals surface area contributed by atoms with Crippen molar-refractivity contribution >= 4 is 39.5 Å². The van der Waals surface area contributed by atoms with E-state index in [4.69, 9.17) is 37.0 Å². The van der Waals surface area contributed by atoms with Gasteiger partial charge in [0.25, 0.3) is 0 Å². The number of aliphatic hydroxyl groups is 1. The Kier molecular flexibility index (Phi) is 66.5. The van der Waals surface area contributed by atoms with Crippen molar-refractivity contribution in [3.8, 4) is 0 Å². The molecule has 0 rings (SSSR count). The maximum atomic E-state index is 13.1. The molecule has 3 N–H and O–H groups in total. The van der Waals surface area contributed by atoms with Gasteiger partial charge in [-0.3, -0.25) is 37.3 Å². The zero-order chi connectivity index (χ0) is 70.0. The Bertz CT molecular complexity index is 1840. The molecule has 6 atom stereocenters. The average molecular weight is 1400 g/mol. The van der Waals surface area contributed by atoms with E-state index in [0.29, 0.717) is 31.6 Å². The Hall–Kier alpha value is -1.94. The van der Waals surface area contributed by atoms with E-state index in [0.717, 1.165) is 102 Å². The topological polar surface area (TPSA) is 237 Å². The number of carbonyl (C=O) groups excluding carboxylic acids is 4. The lowest BCUT2D eigenvalue weighted by atomic mass is 9.99. The number of aliphatic hydroxyl groups excluding tert-OH is 1. The van der Waals surface area contributed by atoms with Crippen LogP contribution in [0.5, 0.6) is 0 Å². The lowest BCUT2D eigenvalue weighted by Crippen LogP contribution is -2.30. The van der Waals surface area contributed by atoms with Gasteiger partial charge in [-0.25, -0.2) is 9.13 Å². The highest BCUT2D eigenvalue weighted by molar-refractivity contribution is 7.47. The SMILES string of the molecule is CCCCCCCCCCCCCCC(=O)OC[C@H](COP(=O)(O)OC[C@@H](O)COP(=O)(O)OC[C@@H](COC(=O)CCCCCCCCC(C)C)OC(=O)CCCCCCCCCCCCCC)OC(=O)CCCCCCCCCCCCCCCCCCCCC(C)CC. The molecule has 0 aliphatic carbocycles. The van der Waals surface area contributed by atoms with Crippen LogP contribution in [-0.4, -0.2) is 96.7 Å². The van der Waals surface area contributed by atoms with Crippen molar-refractivity contribution in [2.24, 2.45) is 11.8 Å². The van der Waals surface area contributed by atoms with E-state index >= 15 is 0 Å². The fraction of sp³-hybridized carbons (Fsp3) is 0.947. The molecule has 19 heteroatoms. The predicted octanol–water partition coefficient (Wildman–Crippen LogP) is 22.3. The van der Waals surface area contributed by atoms with Crippen molar-refractivity contribution in [1.82, 2.24) is 0 Å². The molecule has 95 heavy (non-hydrogen) atoms. The number of hydrogen-bond donors (Lipinski definition) is 3. The van der Waals surface area contributed by atoms with E-state index in [1.54, 1.807) is 0 Å². The largest absolute Gasteiger partial charge is 0.472 e. The standard InChI is InChI=1S/C76H148O17P2/c1-7-10-12-14-16-18-20-31-35-39-46-52-58-73(78)86-64-71(92-76(81)61-55-49-41-37-33-29-27-25-23-22-24-26-28-30-34-38-45-51-57-69(6)9-3)66-90-94(82,83)88-62-70(77)63-89-95(84,85)91-67-72(65-87-74(79)59-53-47-43-42-44-50-56-68(4)5)93-75(80)60-54-48-40-36-32-21-19-17-15-13-11-8-2/h68-72,77H,7-67H2,1-6H3,(H,82,83)(H,84,85)/t69?,70-,71-,72-/m1/s1. The molecule has 0 amide bonds. The Morgan fingerprint density at radius 1 is 0.305 bits per heavy atom. The van der Waals surface area contributed by atoms with E-state index in [2.05, 4.69) is 41.5 Å². The van der Waals surface area contributed by atoms with Gasteiger partial charge in [-0.1, -0.05) is 343 Å². The summed E-state index contributed by atoms with van der Waals surface area (Å²) in [5, 5.41) is 10.6. The summed E-state index contributed by atoms with van der Waals surface area (Å²) in [4.78, 5) is 72.7. The minimum absolute atomic E-state index is 0.106. The lowest BCUT2D eigenvalue weighted by Gasteiger charge is -2.21. The van der Waals surface area contributed by atoms with E-state index in [-0.39, 0.29) is 25.7 Å². The van der Waals surface area contributed by atoms with Gasteiger partial charge in [-0.2, -0.15) is 0 Å². The Balaban J connectivity index is 5.17. The Labute approximate surface area is 581 Å². The van der Waals surface area contributed by atoms with Crippen molar-refractivity contribution in [3.05, 3.63) is 0 Å². The second kappa shape index (κ2) is 67.9. The fourth-order valence-corrected chi connectivity index (χ4v) is 13.2. The highest BCUT2D eigenvalue weighted by Gasteiger charge is 2.30. The van der Waals surface area contributed by atoms with Gasteiger partial charge < -0.3 is 33.8 Å². The zero-order valence-corrected chi connectivity index (χ0v) is 63.8. The van der Waals surface area contributed by atoms with Crippen LogP contribution in [0.15, 0.2) is 0 Å². The highest BCUT2D eigenvalue weighted by Crippen LogP contribution is 2.45. The van der Waals surface area contributed by atoms with Crippen molar-refractivity contribution in [1.29, 1.82) is 0 Å². The maximum absolute atomic E-state index is 13.1. The van der Waals surface area contributed by atoms with Gasteiger partial charge in [0.1, 0.15) is 19.3 Å². The molecule has 0 bridgehead atoms. The zero-order valence-electron chi connectivity index (χ0n) is 62.0. The first-order valence-corrected chi connectivity index (χ1v) is 42.5. The van der Waals surface area contributed by atoms with E-state index < -0.39 is 97.5 Å². The van der Waals surface area contributed by atoms with Gasteiger partial charge in [0, 0.05) is 25.7 Å². The fourth-order valence-electron chi connectivity index (χ4n) is 11.6. The molecule has 0 fully saturated rings. The highest BCUT2D eigenvalue weighted by atomic mass is 31.2. The number of carbonyl (C=O) groups is 4. The first kappa shape index (κ1) is 93.1. The molecule has 0 aliphatic heterocycles. The van der Waals surface area contributed by atoms with Crippen molar-refractivity contribution in [3.63, 3.8) is 0 Å². The molecule has 0 aliphatic rings. The summed E-state index contributed by atoms with van der Waals surface area (Å²) in [7, 11) is -9.91. The van der Waals surface area contributed by atoms with Crippen LogP contribution >= 0.6 is 15.6 Å². The third-order valence-electron chi connectivity index (χ3n) is 18.1. The number of hydrogen-bond acceptors (Lipinski definition) is 15. The number of phosphoric ester groups is 2. The minimum Gasteiger partial charge on any atom is -0.462 e. The van der Waals surface area contributed by atoms with E-state index in [1.807, 2.05) is 0 Å². The van der Waals surface area contributed by atoms with Crippen molar-refractivity contribution < 1.29 is 80.2 Å². The van der Waals surface area contributed by atoms with E-state index in [9.17, 15) is 43.2 Å². The number of esters is 4. The molecule has 564 valence electrons. The summed E-state index contributed by atoms with van der Waals surface area (Å²) in [6, 6.07) is 0. The summed E-state index contributed by atoms with van der Waals surface area (Å²) in [5.41, 5.74) is 0.